The molecule has 1 aromatic heterocycles. The number of nitrogens with zero attached hydrogens (tertiary/aromatic N) is 3. The van der Waals surface area contributed by atoms with E-state index in [1.807, 2.05) is 48.2 Å². The maximum Gasteiger partial charge on any atom is 0.287 e. The lowest BCUT2D eigenvalue weighted by molar-refractivity contribution is -0.134. The number of amides is 3. The van der Waals surface area contributed by atoms with Crippen LogP contribution in [0.25, 0.3) is 11.0 Å². The van der Waals surface area contributed by atoms with Crippen LogP contribution >= 0.6 is 23.2 Å². The molecule has 0 saturated carbocycles. The molecule has 0 radical (unpaired) electrons. The van der Waals surface area contributed by atoms with Gasteiger partial charge in [-0.25, -0.2) is 0 Å². The Balaban J connectivity index is 0.000000455. The summed E-state index contributed by atoms with van der Waals surface area (Å²) >= 11 is 11.7. The van der Waals surface area contributed by atoms with Gasteiger partial charge in [0.2, 0.25) is 11.8 Å². The Hall–Kier alpha value is -4.34. The highest BCUT2D eigenvalue weighted by atomic mass is 35.5. The minimum absolute atomic E-state index is 0.138. The molecule has 240 valence electrons. The summed E-state index contributed by atoms with van der Waals surface area (Å²) in [7, 11) is 0. The molecule has 11 heteroatoms. The van der Waals surface area contributed by atoms with Crippen LogP contribution in [0.4, 0.5) is 5.69 Å². The number of fused-ring (bicyclic) bond motifs is 1. The zero-order chi connectivity index (χ0) is 32.6. The van der Waals surface area contributed by atoms with E-state index in [0.29, 0.717) is 39.1 Å². The molecular weight excluding hydrogens is 627 g/mol. The van der Waals surface area contributed by atoms with Crippen LogP contribution in [-0.4, -0.2) is 66.8 Å². The number of piperazine rings is 1. The fourth-order valence-corrected chi connectivity index (χ4v) is 5.87. The molecule has 0 unspecified atom stereocenters. The average Bonchev–Trinajstić information content (AvgIpc) is 3.07. The molecule has 4 aromatic rings. The Morgan fingerprint density at radius 1 is 0.870 bits per heavy atom. The molecule has 0 aliphatic carbocycles. The van der Waals surface area contributed by atoms with Crippen molar-refractivity contribution in [3.05, 3.63) is 110 Å². The Kier molecular flexibility index (Phi) is 11.0. The van der Waals surface area contributed by atoms with E-state index in [9.17, 15) is 19.2 Å². The molecule has 2 aliphatic heterocycles. The van der Waals surface area contributed by atoms with Crippen LogP contribution in [0.2, 0.25) is 10.0 Å². The number of carbonyl (C=O) groups is 3. The van der Waals surface area contributed by atoms with Gasteiger partial charge in [-0.15, -0.1) is 0 Å². The van der Waals surface area contributed by atoms with Crippen LogP contribution in [-0.2, 0) is 16.1 Å². The average molecular weight is 664 g/mol. The van der Waals surface area contributed by atoms with Crippen molar-refractivity contribution in [2.75, 3.05) is 44.2 Å². The zero-order valence-corrected chi connectivity index (χ0v) is 27.1. The predicted molar refractivity (Wildman–Crippen MR) is 181 cm³/mol. The second-order valence-corrected chi connectivity index (χ2v) is 12.2. The lowest BCUT2D eigenvalue weighted by Crippen LogP contribution is -2.51. The lowest BCUT2D eigenvalue weighted by Gasteiger charge is -2.37. The third-order valence-electron chi connectivity index (χ3n) is 8.09. The molecule has 6 rings (SSSR count). The van der Waals surface area contributed by atoms with Crippen molar-refractivity contribution in [3.63, 3.8) is 0 Å². The van der Waals surface area contributed by atoms with E-state index in [2.05, 4.69) is 22.3 Å². The fourth-order valence-electron chi connectivity index (χ4n) is 5.53. The number of piperidine rings is 1. The number of hydrogen-bond donors (Lipinski definition) is 1. The number of rotatable bonds is 6. The van der Waals surface area contributed by atoms with Gasteiger partial charge in [-0.05, 0) is 55.7 Å². The van der Waals surface area contributed by atoms with E-state index in [4.69, 9.17) is 27.6 Å². The summed E-state index contributed by atoms with van der Waals surface area (Å²) < 4.78 is 5.55. The molecule has 0 atom stereocenters. The first-order chi connectivity index (χ1) is 22.2. The standard InChI is InChI=1S/C28H29ClN4O5.C7H7Cl/c29-21-8-5-7-20-23(34)16-24(38-27(20)21)28(37)30-17-26(36)32-14-12-31(13-15-32)22-9-2-1-6-19(22)18-33-11-4-3-10-25(33)35;1-6-2-4-7(8)5-3-6/h1-2,5-9,16H,3-4,10-15,17-18H2,(H,30,37);2-5H,1H3. The Morgan fingerprint density at radius 3 is 2.33 bits per heavy atom. The highest BCUT2D eigenvalue weighted by Crippen LogP contribution is 2.25. The van der Waals surface area contributed by atoms with Crippen molar-refractivity contribution in [2.24, 2.45) is 0 Å². The molecule has 46 heavy (non-hydrogen) atoms. The SMILES string of the molecule is Cc1ccc(Cl)cc1.O=C(NCC(=O)N1CCN(c2ccccc2CN2CCCCC2=O)CC1)c1cc(=O)c2cccc(Cl)c2o1. The van der Waals surface area contributed by atoms with Gasteiger partial charge in [0.15, 0.2) is 16.8 Å². The highest BCUT2D eigenvalue weighted by molar-refractivity contribution is 6.34. The molecule has 2 fully saturated rings. The number of hydrogen-bond acceptors (Lipinski definition) is 6. The zero-order valence-electron chi connectivity index (χ0n) is 25.6. The molecule has 2 aliphatic rings. The van der Waals surface area contributed by atoms with Crippen LogP contribution in [0, 0.1) is 6.92 Å². The second kappa shape index (κ2) is 15.3. The smallest absolute Gasteiger partial charge is 0.287 e. The molecule has 0 spiro atoms. The van der Waals surface area contributed by atoms with E-state index in [0.717, 1.165) is 41.7 Å². The topological polar surface area (TPSA) is 103 Å². The summed E-state index contributed by atoms with van der Waals surface area (Å²) in [6, 6.07) is 21.7. The number of anilines is 1. The van der Waals surface area contributed by atoms with E-state index in [1.165, 1.54) is 5.56 Å². The molecule has 3 heterocycles. The number of benzene rings is 3. The second-order valence-electron chi connectivity index (χ2n) is 11.3. The van der Waals surface area contributed by atoms with Gasteiger partial charge in [-0.1, -0.05) is 65.2 Å². The van der Waals surface area contributed by atoms with Crippen LogP contribution in [0.1, 0.15) is 40.9 Å². The fraction of sp³-hybridized carbons (Fsp3) is 0.314. The minimum Gasteiger partial charge on any atom is -0.449 e. The Morgan fingerprint density at radius 2 is 1.61 bits per heavy atom. The van der Waals surface area contributed by atoms with Crippen molar-refractivity contribution in [2.45, 2.75) is 32.7 Å². The number of nitrogens with one attached hydrogen (secondary N) is 1. The van der Waals surface area contributed by atoms with E-state index >= 15 is 0 Å². The molecule has 2 saturated heterocycles. The quantitative estimate of drug-likeness (QED) is 0.285. The first kappa shape index (κ1) is 33.0. The molecule has 3 amide bonds. The van der Waals surface area contributed by atoms with Crippen LogP contribution in [0.15, 0.2) is 82.0 Å². The van der Waals surface area contributed by atoms with Crippen molar-refractivity contribution >= 4 is 57.6 Å². The van der Waals surface area contributed by atoms with Gasteiger partial charge in [0.25, 0.3) is 5.91 Å². The number of carbonyl (C=O) groups excluding carboxylic acids is 3. The summed E-state index contributed by atoms with van der Waals surface area (Å²) in [4.78, 5) is 55.9. The summed E-state index contributed by atoms with van der Waals surface area (Å²) in [5, 5.41) is 3.87. The van der Waals surface area contributed by atoms with Gasteiger partial charge in [0.1, 0.15) is 0 Å². The van der Waals surface area contributed by atoms with E-state index in [1.54, 1.807) is 23.1 Å². The maximum absolute atomic E-state index is 12.8. The van der Waals surface area contributed by atoms with Gasteiger partial charge >= 0.3 is 0 Å². The van der Waals surface area contributed by atoms with Crippen molar-refractivity contribution in [1.82, 2.24) is 15.1 Å². The van der Waals surface area contributed by atoms with E-state index < -0.39 is 5.91 Å². The third-order valence-corrected chi connectivity index (χ3v) is 8.64. The maximum atomic E-state index is 12.8. The van der Waals surface area contributed by atoms with Crippen molar-refractivity contribution in [3.8, 4) is 0 Å². The number of likely N-dealkylation sites (tertiary alicyclic amines) is 1. The molecule has 3 aromatic carbocycles. The normalized spacial score (nSPS) is 14.9. The monoisotopic (exact) mass is 662 g/mol. The number of para-hydroxylation sites is 2. The predicted octanol–water partition coefficient (Wildman–Crippen LogP) is 5.69. The molecular formula is C35H36Cl2N4O5. The van der Waals surface area contributed by atoms with Crippen LogP contribution < -0.4 is 15.6 Å². The highest BCUT2D eigenvalue weighted by Gasteiger charge is 2.25. The van der Waals surface area contributed by atoms with Gasteiger partial charge in [-0.2, -0.15) is 0 Å². The third kappa shape index (κ3) is 8.27. The summed E-state index contributed by atoms with van der Waals surface area (Å²) in [6.07, 6.45) is 2.60. The Bertz CT molecular complexity index is 1750. The molecule has 1 N–H and O–H groups in total. The first-order valence-electron chi connectivity index (χ1n) is 15.3. The molecule has 9 nitrogen and oxygen atoms in total. The first-order valence-corrected chi connectivity index (χ1v) is 16.1. The lowest BCUT2D eigenvalue weighted by atomic mass is 10.1. The van der Waals surface area contributed by atoms with Gasteiger partial charge in [0, 0.05) is 62.5 Å². The van der Waals surface area contributed by atoms with Crippen molar-refractivity contribution < 1.29 is 18.8 Å². The summed E-state index contributed by atoms with van der Waals surface area (Å²) in [5.74, 6) is -0.866. The van der Waals surface area contributed by atoms with Gasteiger partial charge in [-0.3, -0.25) is 19.2 Å². The minimum atomic E-state index is -0.655. The molecule has 0 bridgehead atoms. The van der Waals surface area contributed by atoms with E-state index in [-0.39, 0.29) is 45.5 Å². The van der Waals surface area contributed by atoms with Crippen molar-refractivity contribution in [1.29, 1.82) is 0 Å². The van der Waals surface area contributed by atoms with Gasteiger partial charge in [0.05, 0.1) is 17.0 Å². The largest absolute Gasteiger partial charge is 0.449 e. The number of aryl methyl sites for hydroxylation is 1. The summed E-state index contributed by atoms with van der Waals surface area (Å²) in [5.41, 5.74) is 3.18. The Labute approximate surface area is 277 Å². The van der Waals surface area contributed by atoms with Crippen LogP contribution in [0.5, 0.6) is 0 Å². The van der Waals surface area contributed by atoms with Gasteiger partial charge < -0.3 is 24.4 Å². The van der Waals surface area contributed by atoms with Crippen LogP contribution in [0.3, 0.4) is 0 Å². The number of halogens is 2. The summed E-state index contributed by atoms with van der Waals surface area (Å²) in [6.45, 7) is 5.50.